The van der Waals surface area contributed by atoms with Gasteiger partial charge in [-0.25, -0.2) is 0 Å². The van der Waals surface area contributed by atoms with Crippen LogP contribution in [0.3, 0.4) is 0 Å². The lowest BCUT2D eigenvalue weighted by molar-refractivity contribution is 0.0937. The number of nitrogens with one attached hydrogen (secondary N) is 1. The first-order valence-corrected chi connectivity index (χ1v) is 6.29. The smallest absolute Gasteiger partial charge is 0.251 e. The molecule has 0 spiro atoms. The van der Waals surface area contributed by atoms with Crippen LogP contribution in [0.5, 0.6) is 0 Å². The molecule has 0 heterocycles. The van der Waals surface area contributed by atoms with Gasteiger partial charge in [-0.15, -0.1) is 0 Å². The van der Waals surface area contributed by atoms with E-state index in [-0.39, 0.29) is 11.9 Å². The van der Waals surface area contributed by atoms with E-state index in [1.807, 2.05) is 0 Å². The Morgan fingerprint density at radius 1 is 1.41 bits per heavy atom. The predicted molar refractivity (Wildman–Crippen MR) is 70.1 cm³/mol. The molecule has 2 unspecified atom stereocenters. The van der Waals surface area contributed by atoms with Crippen molar-refractivity contribution in [2.75, 3.05) is 5.73 Å². The van der Waals surface area contributed by atoms with Crippen molar-refractivity contribution in [2.24, 2.45) is 5.92 Å². The minimum absolute atomic E-state index is 0.0849. The van der Waals surface area contributed by atoms with E-state index in [0.717, 1.165) is 12.8 Å². The minimum Gasteiger partial charge on any atom is -0.399 e. The normalized spacial score (nSPS) is 23.6. The van der Waals surface area contributed by atoms with Gasteiger partial charge in [-0.2, -0.15) is 0 Å². The van der Waals surface area contributed by atoms with Crippen molar-refractivity contribution < 1.29 is 4.79 Å². The van der Waals surface area contributed by atoms with Crippen LogP contribution in [0.25, 0.3) is 0 Å². The molecule has 2 atom stereocenters. The molecule has 3 N–H and O–H groups in total. The maximum absolute atomic E-state index is 12.0. The topological polar surface area (TPSA) is 55.1 Å². The van der Waals surface area contributed by atoms with Gasteiger partial charge < -0.3 is 11.1 Å². The molecule has 0 saturated heterocycles. The monoisotopic (exact) mass is 252 g/mol. The number of carbonyl (C=O) groups excluding carboxylic acids is 1. The van der Waals surface area contributed by atoms with Crippen molar-refractivity contribution in [3.63, 3.8) is 0 Å². The molecule has 4 heteroatoms. The average Bonchev–Trinajstić information content (AvgIpc) is 2.62. The highest BCUT2D eigenvalue weighted by Gasteiger charge is 2.23. The zero-order valence-corrected chi connectivity index (χ0v) is 10.6. The van der Waals surface area contributed by atoms with E-state index in [9.17, 15) is 4.79 Å². The minimum atomic E-state index is -0.0849. The molecular formula is C13H17ClN2O. The van der Waals surface area contributed by atoms with E-state index < -0.39 is 0 Å². The van der Waals surface area contributed by atoms with Crippen molar-refractivity contribution in [3.05, 3.63) is 28.8 Å². The highest BCUT2D eigenvalue weighted by molar-refractivity contribution is 6.31. The summed E-state index contributed by atoms with van der Waals surface area (Å²) in [4.78, 5) is 12.0. The van der Waals surface area contributed by atoms with Crippen LogP contribution in [-0.2, 0) is 0 Å². The number of amides is 1. The van der Waals surface area contributed by atoms with Crippen LogP contribution in [0, 0.1) is 5.92 Å². The maximum atomic E-state index is 12.0. The Labute approximate surface area is 106 Å². The van der Waals surface area contributed by atoms with Gasteiger partial charge in [0.25, 0.3) is 5.91 Å². The molecule has 1 amide bonds. The third-order valence-electron chi connectivity index (χ3n) is 3.21. The van der Waals surface area contributed by atoms with Gasteiger partial charge in [-0.3, -0.25) is 4.79 Å². The van der Waals surface area contributed by atoms with Crippen molar-refractivity contribution in [3.8, 4) is 0 Å². The SMILES string of the molecule is CC1CCC(NC(=O)c2cc(N)cc(Cl)c2)C1. The molecule has 1 aromatic carbocycles. The molecule has 1 fully saturated rings. The summed E-state index contributed by atoms with van der Waals surface area (Å²) in [6.45, 7) is 2.21. The van der Waals surface area contributed by atoms with Gasteiger partial charge in [0.1, 0.15) is 0 Å². The molecule has 0 bridgehead atoms. The molecule has 1 aliphatic rings. The van der Waals surface area contributed by atoms with Gasteiger partial charge >= 0.3 is 0 Å². The number of rotatable bonds is 2. The van der Waals surface area contributed by atoms with Crippen molar-refractivity contribution >= 4 is 23.2 Å². The van der Waals surface area contributed by atoms with Crippen molar-refractivity contribution in [1.82, 2.24) is 5.32 Å². The fourth-order valence-corrected chi connectivity index (χ4v) is 2.59. The summed E-state index contributed by atoms with van der Waals surface area (Å²) in [6.07, 6.45) is 3.30. The van der Waals surface area contributed by atoms with E-state index >= 15 is 0 Å². The van der Waals surface area contributed by atoms with Crippen LogP contribution < -0.4 is 11.1 Å². The molecule has 17 heavy (non-hydrogen) atoms. The van der Waals surface area contributed by atoms with Crippen molar-refractivity contribution in [2.45, 2.75) is 32.2 Å². The van der Waals surface area contributed by atoms with Crippen LogP contribution in [0.4, 0.5) is 5.69 Å². The Morgan fingerprint density at radius 2 is 2.18 bits per heavy atom. The average molecular weight is 253 g/mol. The number of carbonyl (C=O) groups is 1. The van der Waals surface area contributed by atoms with E-state index in [2.05, 4.69) is 12.2 Å². The highest BCUT2D eigenvalue weighted by Crippen LogP contribution is 2.25. The van der Waals surface area contributed by atoms with Crippen LogP contribution in [0.15, 0.2) is 18.2 Å². The van der Waals surface area contributed by atoms with Crippen molar-refractivity contribution in [1.29, 1.82) is 0 Å². The van der Waals surface area contributed by atoms with Gasteiger partial charge in [0.2, 0.25) is 0 Å². The number of halogens is 1. The van der Waals surface area contributed by atoms with Crippen LogP contribution in [-0.4, -0.2) is 11.9 Å². The second kappa shape index (κ2) is 4.96. The second-order valence-corrected chi connectivity index (χ2v) is 5.30. The molecule has 3 nitrogen and oxygen atoms in total. The number of hydrogen-bond acceptors (Lipinski definition) is 2. The predicted octanol–water partition coefficient (Wildman–Crippen LogP) is 2.84. The number of hydrogen-bond donors (Lipinski definition) is 2. The van der Waals surface area contributed by atoms with E-state index in [0.29, 0.717) is 22.2 Å². The summed E-state index contributed by atoms with van der Waals surface area (Å²) < 4.78 is 0. The van der Waals surface area contributed by atoms with Crippen LogP contribution in [0.1, 0.15) is 36.5 Å². The molecule has 2 rings (SSSR count). The molecular weight excluding hydrogens is 236 g/mol. The van der Waals surface area contributed by atoms with Gasteiger partial charge in [-0.05, 0) is 43.4 Å². The summed E-state index contributed by atoms with van der Waals surface area (Å²) in [7, 11) is 0. The van der Waals surface area contributed by atoms with Crippen LogP contribution >= 0.6 is 11.6 Å². The number of nitrogens with two attached hydrogens (primary N) is 1. The maximum Gasteiger partial charge on any atom is 0.251 e. The Balaban J connectivity index is 2.04. The fraction of sp³-hybridized carbons (Fsp3) is 0.462. The molecule has 92 valence electrons. The van der Waals surface area contributed by atoms with Gasteiger partial charge in [-0.1, -0.05) is 18.5 Å². The summed E-state index contributed by atoms with van der Waals surface area (Å²) in [6, 6.07) is 5.22. The summed E-state index contributed by atoms with van der Waals surface area (Å²) in [5.41, 5.74) is 6.72. The van der Waals surface area contributed by atoms with E-state index in [4.69, 9.17) is 17.3 Å². The lowest BCUT2D eigenvalue weighted by Gasteiger charge is -2.12. The van der Waals surface area contributed by atoms with Gasteiger partial charge in [0, 0.05) is 22.3 Å². The third-order valence-corrected chi connectivity index (χ3v) is 3.43. The molecule has 1 aliphatic carbocycles. The lowest BCUT2D eigenvalue weighted by Crippen LogP contribution is -2.32. The lowest BCUT2D eigenvalue weighted by atomic mass is 10.1. The molecule has 1 aromatic rings. The zero-order valence-electron chi connectivity index (χ0n) is 9.87. The molecule has 0 aromatic heterocycles. The first-order valence-electron chi connectivity index (χ1n) is 5.91. The Kier molecular flexibility index (Phi) is 3.57. The summed E-state index contributed by atoms with van der Waals surface area (Å²) >= 11 is 5.87. The summed E-state index contributed by atoms with van der Waals surface area (Å²) in [5.74, 6) is 0.614. The quantitative estimate of drug-likeness (QED) is 0.796. The zero-order chi connectivity index (χ0) is 12.4. The molecule has 0 radical (unpaired) electrons. The second-order valence-electron chi connectivity index (χ2n) is 4.86. The standard InChI is InChI=1S/C13H17ClN2O/c1-8-2-3-12(4-8)16-13(17)9-5-10(14)7-11(15)6-9/h5-8,12H,2-4,15H2,1H3,(H,16,17). The number of anilines is 1. The Bertz CT molecular complexity index is 413. The van der Waals surface area contributed by atoms with Crippen LogP contribution in [0.2, 0.25) is 5.02 Å². The molecule has 1 saturated carbocycles. The Morgan fingerprint density at radius 3 is 2.76 bits per heavy atom. The Hall–Kier alpha value is -1.22. The van der Waals surface area contributed by atoms with Gasteiger partial charge in [0.15, 0.2) is 0 Å². The van der Waals surface area contributed by atoms with Gasteiger partial charge in [0.05, 0.1) is 0 Å². The fourth-order valence-electron chi connectivity index (χ4n) is 2.35. The van der Waals surface area contributed by atoms with E-state index in [1.165, 1.54) is 6.42 Å². The largest absolute Gasteiger partial charge is 0.399 e. The first-order chi connectivity index (χ1) is 8.04. The highest BCUT2D eigenvalue weighted by atomic mass is 35.5. The number of nitrogen functional groups attached to an aromatic ring is 1. The summed E-state index contributed by atoms with van der Waals surface area (Å²) in [5, 5.41) is 3.52. The first kappa shape index (κ1) is 12.2. The third kappa shape index (κ3) is 3.13. The molecule has 0 aliphatic heterocycles. The number of benzene rings is 1. The van der Waals surface area contributed by atoms with E-state index in [1.54, 1.807) is 18.2 Å².